The summed E-state index contributed by atoms with van der Waals surface area (Å²) < 4.78 is 26.6. The largest absolute Gasteiger partial charge is 0.349 e. The second-order valence-electron chi connectivity index (χ2n) is 8.19. The molecular weight excluding hydrogens is 374 g/mol. The van der Waals surface area contributed by atoms with Gasteiger partial charge < -0.3 is 5.32 Å². The van der Waals surface area contributed by atoms with Crippen molar-refractivity contribution < 1.29 is 13.2 Å². The highest BCUT2D eigenvalue weighted by Crippen LogP contribution is 2.40. The normalized spacial score (nSPS) is 20.4. The van der Waals surface area contributed by atoms with Gasteiger partial charge in [0, 0.05) is 24.6 Å². The van der Waals surface area contributed by atoms with E-state index < -0.39 is 10.0 Å². The van der Waals surface area contributed by atoms with Gasteiger partial charge in [-0.25, -0.2) is 13.1 Å². The molecule has 0 aliphatic heterocycles. The number of amides is 1. The molecule has 0 atom stereocenters. The van der Waals surface area contributed by atoms with Gasteiger partial charge in [-0.2, -0.15) is 5.26 Å². The highest BCUT2D eigenvalue weighted by Gasteiger charge is 2.32. The monoisotopic (exact) mass is 405 g/mol. The Morgan fingerprint density at radius 3 is 2.32 bits per heavy atom. The molecule has 1 saturated carbocycles. The quantitative estimate of drug-likeness (QED) is 0.646. The Labute approximate surface area is 168 Å². The zero-order valence-electron chi connectivity index (χ0n) is 17.0. The van der Waals surface area contributed by atoms with Crippen LogP contribution in [0.1, 0.15) is 69.7 Å². The standard InChI is InChI=1S/C21H31N3O3S/c1-4-21(2,3)17-8-10-18(11-9-17)24-20(25)16-6-12-19(13-7-16)28(26,27)23-15-5-14-22/h6-7,12-13,17-18,23H,4-5,8-11,15H2,1-3H3,(H,24,25). The summed E-state index contributed by atoms with van der Waals surface area (Å²) in [5, 5.41) is 11.6. The van der Waals surface area contributed by atoms with Crippen molar-refractivity contribution in [3.63, 3.8) is 0 Å². The second-order valence-corrected chi connectivity index (χ2v) is 9.96. The van der Waals surface area contributed by atoms with Crippen molar-refractivity contribution in [3.8, 4) is 6.07 Å². The molecule has 0 radical (unpaired) electrons. The molecule has 1 fully saturated rings. The van der Waals surface area contributed by atoms with Gasteiger partial charge in [-0.15, -0.1) is 0 Å². The third kappa shape index (κ3) is 5.79. The van der Waals surface area contributed by atoms with Crippen molar-refractivity contribution >= 4 is 15.9 Å². The smallest absolute Gasteiger partial charge is 0.251 e. The van der Waals surface area contributed by atoms with Crippen molar-refractivity contribution in [2.24, 2.45) is 11.3 Å². The van der Waals surface area contributed by atoms with E-state index in [9.17, 15) is 13.2 Å². The second kappa shape index (κ2) is 9.53. The van der Waals surface area contributed by atoms with Crippen molar-refractivity contribution in [2.75, 3.05) is 6.54 Å². The first-order chi connectivity index (χ1) is 13.2. The summed E-state index contributed by atoms with van der Waals surface area (Å²) in [4.78, 5) is 12.6. The van der Waals surface area contributed by atoms with Crippen molar-refractivity contribution in [2.45, 2.75) is 70.2 Å². The van der Waals surface area contributed by atoms with Crippen molar-refractivity contribution in [1.29, 1.82) is 5.26 Å². The number of hydrogen-bond donors (Lipinski definition) is 2. The molecule has 0 heterocycles. The number of carbonyl (C=O) groups excluding carboxylic acids is 1. The van der Waals surface area contributed by atoms with Gasteiger partial charge in [-0.1, -0.05) is 27.2 Å². The highest BCUT2D eigenvalue weighted by atomic mass is 32.2. The maximum Gasteiger partial charge on any atom is 0.251 e. The zero-order valence-corrected chi connectivity index (χ0v) is 17.8. The van der Waals surface area contributed by atoms with E-state index in [0.29, 0.717) is 16.9 Å². The molecule has 154 valence electrons. The summed E-state index contributed by atoms with van der Waals surface area (Å²) in [6, 6.07) is 7.96. The van der Waals surface area contributed by atoms with Gasteiger partial charge in [0.05, 0.1) is 11.0 Å². The van der Waals surface area contributed by atoms with E-state index in [1.54, 1.807) is 0 Å². The first-order valence-corrected chi connectivity index (χ1v) is 11.5. The van der Waals surface area contributed by atoms with Crippen LogP contribution in [-0.2, 0) is 10.0 Å². The van der Waals surface area contributed by atoms with Crippen LogP contribution in [0.4, 0.5) is 0 Å². The number of rotatable bonds is 8. The number of nitrogens with zero attached hydrogens (tertiary/aromatic N) is 1. The van der Waals surface area contributed by atoms with Gasteiger partial charge in [-0.3, -0.25) is 4.79 Å². The minimum absolute atomic E-state index is 0.0680. The van der Waals surface area contributed by atoms with E-state index in [2.05, 4.69) is 30.8 Å². The van der Waals surface area contributed by atoms with Crippen molar-refractivity contribution in [1.82, 2.24) is 10.0 Å². The lowest BCUT2D eigenvalue weighted by Gasteiger charge is -2.39. The van der Waals surface area contributed by atoms with Crippen LogP contribution in [0, 0.1) is 22.7 Å². The minimum atomic E-state index is -3.66. The zero-order chi connectivity index (χ0) is 20.8. The van der Waals surface area contributed by atoms with Gasteiger partial charge >= 0.3 is 0 Å². The molecule has 2 rings (SSSR count). The Hall–Kier alpha value is -1.91. The lowest BCUT2D eigenvalue weighted by Crippen LogP contribution is -2.39. The Morgan fingerprint density at radius 2 is 1.79 bits per heavy atom. The van der Waals surface area contributed by atoms with Crippen LogP contribution in [0.3, 0.4) is 0 Å². The summed E-state index contributed by atoms with van der Waals surface area (Å²) in [6.45, 7) is 6.94. The fraction of sp³-hybridized carbons (Fsp3) is 0.619. The van der Waals surface area contributed by atoms with Crippen LogP contribution < -0.4 is 10.0 Å². The summed E-state index contributed by atoms with van der Waals surface area (Å²) in [5.41, 5.74) is 0.796. The molecule has 1 aromatic carbocycles. The molecule has 0 unspecified atom stereocenters. The fourth-order valence-electron chi connectivity index (χ4n) is 3.69. The number of sulfonamides is 1. The Bertz CT molecular complexity index is 802. The van der Waals surface area contributed by atoms with Gasteiger partial charge in [0.2, 0.25) is 10.0 Å². The van der Waals surface area contributed by atoms with Gasteiger partial charge in [0.15, 0.2) is 0 Å². The van der Waals surface area contributed by atoms with E-state index in [0.717, 1.165) is 32.1 Å². The predicted molar refractivity (Wildman–Crippen MR) is 109 cm³/mol. The third-order valence-corrected chi connectivity index (χ3v) is 7.51. The fourth-order valence-corrected chi connectivity index (χ4v) is 4.72. The number of nitrogens with one attached hydrogen (secondary N) is 2. The topological polar surface area (TPSA) is 99.1 Å². The molecule has 7 heteroatoms. The molecular formula is C21H31N3O3S. The summed E-state index contributed by atoms with van der Waals surface area (Å²) >= 11 is 0. The third-order valence-electron chi connectivity index (χ3n) is 6.03. The van der Waals surface area contributed by atoms with Gasteiger partial charge in [0.25, 0.3) is 5.91 Å². The maximum absolute atomic E-state index is 12.5. The van der Waals surface area contributed by atoms with Crippen LogP contribution in [0.2, 0.25) is 0 Å². The molecule has 0 aromatic heterocycles. The number of benzene rings is 1. The molecule has 1 aliphatic carbocycles. The molecule has 6 nitrogen and oxygen atoms in total. The Morgan fingerprint density at radius 1 is 1.18 bits per heavy atom. The lowest BCUT2D eigenvalue weighted by molar-refractivity contribution is 0.0893. The van der Waals surface area contributed by atoms with Crippen LogP contribution in [-0.4, -0.2) is 26.9 Å². The average Bonchev–Trinajstić information content (AvgIpc) is 2.68. The lowest BCUT2D eigenvalue weighted by atomic mass is 9.69. The Balaban J connectivity index is 1.91. The highest BCUT2D eigenvalue weighted by molar-refractivity contribution is 7.89. The first kappa shape index (κ1) is 22.4. The molecule has 1 aromatic rings. The molecule has 0 saturated heterocycles. The molecule has 0 bridgehead atoms. The number of nitriles is 1. The van der Waals surface area contributed by atoms with Crippen molar-refractivity contribution in [3.05, 3.63) is 29.8 Å². The average molecular weight is 406 g/mol. The van der Waals surface area contributed by atoms with Gasteiger partial charge in [-0.05, 0) is 61.3 Å². The van der Waals surface area contributed by atoms with E-state index in [1.165, 1.54) is 24.3 Å². The Kier molecular flexibility index (Phi) is 7.62. The molecule has 2 N–H and O–H groups in total. The SMILES string of the molecule is CCC(C)(C)C1CCC(NC(=O)c2ccc(S(=O)(=O)NCCC#N)cc2)CC1. The number of carbonyl (C=O) groups is 1. The van der Waals surface area contributed by atoms with E-state index in [1.807, 2.05) is 6.07 Å². The van der Waals surface area contributed by atoms with Crippen LogP contribution in [0.15, 0.2) is 29.2 Å². The van der Waals surface area contributed by atoms with E-state index in [-0.39, 0.29) is 29.8 Å². The van der Waals surface area contributed by atoms with E-state index in [4.69, 9.17) is 5.26 Å². The molecule has 1 amide bonds. The minimum Gasteiger partial charge on any atom is -0.349 e. The van der Waals surface area contributed by atoms with Gasteiger partial charge in [0.1, 0.15) is 0 Å². The molecule has 0 spiro atoms. The van der Waals surface area contributed by atoms with Crippen LogP contribution in [0.25, 0.3) is 0 Å². The van der Waals surface area contributed by atoms with E-state index >= 15 is 0 Å². The van der Waals surface area contributed by atoms with Crippen LogP contribution >= 0.6 is 0 Å². The first-order valence-electron chi connectivity index (χ1n) is 9.97. The summed E-state index contributed by atoms with van der Waals surface area (Å²) in [7, 11) is -3.66. The summed E-state index contributed by atoms with van der Waals surface area (Å²) in [6.07, 6.45) is 5.48. The maximum atomic E-state index is 12.5. The summed E-state index contributed by atoms with van der Waals surface area (Å²) in [5.74, 6) is 0.531. The predicted octanol–water partition coefficient (Wildman–Crippen LogP) is 3.60. The number of hydrogen-bond acceptors (Lipinski definition) is 4. The molecule has 1 aliphatic rings. The molecule has 28 heavy (non-hydrogen) atoms. The van der Waals surface area contributed by atoms with Crippen LogP contribution in [0.5, 0.6) is 0 Å².